The molecule has 2 aromatic heterocycles. The lowest BCUT2D eigenvalue weighted by Crippen LogP contribution is -2.38. The minimum Gasteiger partial charge on any atom is -0.508 e. The van der Waals surface area contributed by atoms with Crippen LogP contribution < -0.4 is 5.32 Å². The number of fused-ring (bicyclic) bond motifs is 2. The molecule has 1 fully saturated rings. The molecule has 1 aliphatic heterocycles. The zero-order valence-electron chi connectivity index (χ0n) is 21.1. The average molecular weight is 478 g/mol. The SMILES string of the molecule is Cc1c(C(=O)N2CCc3c(c(C(=O)NC4CCCC4)nn3CC(C)C)C2)c2cc(O)ccc2n1C. The van der Waals surface area contributed by atoms with Gasteiger partial charge in [0.2, 0.25) is 0 Å². The van der Waals surface area contributed by atoms with Gasteiger partial charge in [0.15, 0.2) is 5.69 Å². The quantitative estimate of drug-likeness (QED) is 0.583. The minimum atomic E-state index is -0.129. The molecule has 8 nitrogen and oxygen atoms in total. The van der Waals surface area contributed by atoms with E-state index in [1.807, 2.05) is 34.2 Å². The highest BCUT2D eigenvalue weighted by Gasteiger charge is 2.33. The maximum Gasteiger partial charge on any atom is 0.272 e. The molecule has 0 spiro atoms. The highest BCUT2D eigenvalue weighted by molar-refractivity contribution is 6.09. The lowest BCUT2D eigenvalue weighted by Gasteiger charge is -2.28. The van der Waals surface area contributed by atoms with Crippen LogP contribution in [0.5, 0.6) is 5.75 Å². The van der Waals surface area contributed by atoms with Crippen LogP contribution in [0.1, 0.15) is 77.3 Å². The van der Waals surface area contributed by atoms with E-state index in [2.05, 4.69) is 19.2 Å². The van der Waals surface area contributed by atoms with Gasteiger partial charge < -0.3 is 19.9 Å². The molecule has 186 valence electrons. The summed E-state index contributed by atoms with van der Waals surface area (Å²) in [6.07, 6.45) is 4.98. The zero-order chi connectivity index (χ0) is 24.9. The summed E-state index contributed by atoms with van der Waals surface area (Å²) >= 11 is 0. The molecule has 1 saturated carbocycles. The molecule has 1 aromatic carbocycles. The van der Waals surface area contributed by atoms with Gasteiger partial charge in [-0.05, 0) is 43.9 Å². The number of carbonyl (C=O) groups is 2. The van der Waals surface area contributed by atoms with Gasteiger partial charge >= 0.3 is 0 Å². The summed E-state index contributed by atoms with van der Waals surface area (Å²) in [7, 11) is 1.93. The lowest BCUT2D eigenvalue weighted by molar-refractivity contribution is 0.0731. The zero-order valence-corrected chi connectivity index (χ0v) is 21.1. The Bertz CT molecular complexity index is 1300. The van der Waals surface area contributed by atoms with E-state index in [1.165, 1.54) is 0 Å². The third kappa shape index (κ3) is 4.19. The Morgan fingerprint density at radius 2 is 1.97 bits per heavy atom. The normalized spacial score (nSPS) is 16.3. The maximum atomic E-state index is 13.8. The third-order valence-electron chi connectivity index (χ3n) is 7.55. The van der Waals surface area contributed by atoms with Crippen molar-refractivity contribution in [2.75, 3.05) is 6.54 Å². The summed E-state index contributed by atoms with van der Waals surface area (Å²) < 4.78 is 3.96. The van der Waals surface area contributed by atoms with Crippen LogP contribution in [0.25, 0.3) is 10.9 Å². The maximum absolute atomic E-state index is 13.8. The molecule has 5 rings (SSSR count). The lowest BCUT2D eigenvalue weighted by atomic mass is 10.0. The molecule has 0 atom stereocenters. The topological polar surface area (TPSA) is 92.4 Å². The van der Waals surface area contributed by atoms with Crippen LogP contribution in [0.2, 0.25) is 0 Å². The second-order valence-corrected chi connectivity index (χ2v) is 10.5. The molecule has 35 heavy (non-hydrogen) atoms. The van der Waals surface area contributed by atoms with Crippen molar-refractivity contribution in [2.45, 2.75) is 72.0 Å². The molecule has 0 saturated heterocycles. The molecule has 0 unspecified atom stereocenters. The van der Waals surface area contributed by atoms with Gasteiger partial charge in [0.25, 0.3) is 11.8 Å². The van der Waals surface area contributed by atoms with Gasteiger partial charge in [-0.15, -0.1) is 0 Å². The fourth-order valence-electron chi connectivity index (χ4n) is 5.66. The molecule has 3 aromatic rings. The van der Waals surface area contributed by atoms with E-state index < -0.39 is 0 Å². The molecule has 2 N–H and O–H groups in total. The number of nitrogens with one attached hydrogen (secondary N) is 1. The summed E-state index contributed by atoms with van der Waals surface area (Å²) in [6, 6.07) is 5.35. The van der Waals surface area contributed by atoms with Gasteiger partial charge in [0.05, 0.1) is 12.1 Å². The number of hydrogen-bond acceptors (Lipinski definition) is 4. The number of rotatable bonds is 5. The standard InChI is InChI=1S/C27H35N5O3/c1-16(2)14-32-23-11-12-31(15-21(23)25(29-32)26(34)28-18-7-5-6-8-18)27(35)24-17(3)30(4)22-10-9-19(33)13-20(22)24/h9-10,13,16,18,33H,5-8,11-12,14-15H2,1-4H3,(H,28,34). The number of carbonyl (C=O) groups excluding carboxylic acids is 2. The van der Waals surface area contributed by atoms with Crippen LogP contribution >= 0.6 is 0 Å². The second kappa shape index (κ2) is 9.06. The number of phenols is 1. The van der Waals surface area contributed by atoms with Crippen LogP contribution in [-0.2, 0) is 26.6 Å². The second-order valence-electron chi connectivity index (χ2n) is 10.5. The van der Waals surface area contributed by atoms with Crippen molar-refractivity contribution in [1.29, 1.82) is 0 Å². The Labute approximate surface area is 205 Å². The van der Waals surface area contributed by atoms with E-state index >= 15 is 0 Å². The van der Waals surface area contributed by atoms with Crippen LogP contribution in [0, 0.1) is 12.8 Å². The van der Waals surface area contributed by atoms with Crippen molar-refractivity contribution in [3.05, 3.63) is 46.4 Å². The van der Waals surface area contributed by atoms with E-state index in [0.29, 0.717) is 36.7 Å². The number of hydrogen-bond donors (Lipinski definition) is 2. The smallest absolute Gasteiger partial charge is 0.272 e. The van der Waals surface area contributed by atoms with Crippen molar-refractivity contribution in [3.8, 4) is 5.75 Å². The first-order chi connectivity index (χ1) is 16.7. The number of aromatic nitrogens is 3. The van der Waals surface area contributed by atoms with Crippen molar-refractivity contribution in [3.63, 3.8) is 0 Å². The number of aryl methyl sites for hydroxylation is 1. The number of aromatic hydroxyl groups is 1. The number of benzene rings is 1. The molecular formula is C27H35N5O3. The van der Waals surface area contributed by atoms with Crippen LogP contribution in [0.3, 0.4) is 0 Å². The van der Waals surface area contributed by atoms with E-state index in [1.54, 1.807) is 12.1 Å². The van der Waals surface area contributed by atoms with Gasteiger partial charge in [-0.25, -0.2) is 0 Å². The predicted molar refractivity (Wildman–Crippen MR) is 135 cm³/mol. The third-order valence-corrected chi connectivity index (χ3v) is 7.55. The van der Waals surface area contributed by atoms with E-state index in [0.717, 1.165) is 60.1 Å². The molecule has 2 aliphatic rings. The molecule has 1 aliphatic carbocycles. The molecule has 3 heterocycles. The Morgan fingerprint density at radius 1 is 1.23 bits per heavy atom. The molecular weight excluding hydrogens is 442 g/mol. The first-order valence-corrected chi connectivity index (χ1v) is 12.7. The fourth-order valence-corrected chi connectivity index (χ4v) is 5.66. The summed E-state index contributed by atoms with van der Waals surface area (Å²) in [6.45, 7) is 7.88. The molecule has 0 radical (unpaired) electrons. The van der Waals surface area contributed by atoms with Crippen LogP contribution in [0.15, 0.2) is 18.2 Å². The Kier molecular flexibility index (Phi) is 6.07. The van der Waals surface area contributed by atoms with Gasteiger partial charge in [-0.3, -0.25) is 14.3 Å². The highest BCUT2D eigenvalue weighted by atomic mass is 16.3. The summed E-state index contributed by atoms with van der Waals surface area (Å²) in [5.41, 5.74) is 4.75. The first kappa shape index (κ1) is 23.5. The van der Waals surface area contributed by atoms with Crippen molar-refractivity contribution < 1.29 is 14.7 Å². The largest absolute Gasteiger partial charge is 0.508 e. The Hall–Kier alpha value is -3.29. The van der Waals surface area contributed by atoms with Crippen molar-refractivity contribution in [1.82, 2.24) is 24.6 Å². The van der Waals surface area contributed by atoms with Crippen molar-refractivity contribution >= 4 is 22.7 Å². The van der Waals surface area contributed by atoms with Crippen LogP contribution in [-0.4, -0.2) is 48.8 Å². The van der Waals surface area contributed by atoms with Gasteiger partial charge in [-0.2, -0.15) is 5.10 Å². The van der Waals surface area contributed by atoms with Gasteiger partial charge in [0, 0.05) is 60.5 Å². The summed E-state index contributed by atoms with van der Waals surface area (Å²) in [5.74, 6) is 0.327. The monoisotopic (exact) mass is 477 g/mol. The highest BCUT2D eigenvalue weighted by Crippen LogP contribution is 2.32. The Balaban J connectivity index is 1.49. The predicted octanol–water partition coefficient (Wildman–Crippen LogP) is 3.92. The summed E-state index contributed by atoms with van der Waals surface area (Å²) in [4.78, 5) is 28.9. The van der Waals surface area contributed by atoms with E-state index in [-0.39, 0.29) is 23.6 Å². The number of amides is 2. The van der Waals surface area contributed by atoms with E-state index in [9.17, 15) is 14.7 Å². The Morgan fingerprint density at radius 3 is 2.69 bits per heavy atom. The van der Waals surface area contributed by atoms with Crippen molar-refractivity contribution in [2.24, 2.45) is 13.0 Å². The minimum absolute atomic E-state index is 0.0805. The molecule has 8 heteroatoms. The molecule has 0 bridgehead atoms. The fraction of sp³-hybridized carbons (Fsp3) is 0.519. The number of nitrogens with zero attached hydrogens (tertiary/aromatic N) is 4. The first-order valence-electron chi connectivity index (χ1n) is 12.7. The van der Waals surface area contributed by atoms with Crippen LogP contribution in [0.4, 0.5) is 0 Å². The summed E-state index contributed by atoms with van der Waals surface area (Å²) in [5, 5.41) is 18.8. The average Bonchev–Trinajstić information content (AvgIpc) is 3.51. The number of phenolic OH excluding ortho intramolecular Hbond substituents is 1. The van der Waals surface area contributed by atoms with Gasteiger partial charge in [0.1, 0.15) is 5.75 Å². The van der Waals surface area contributed by atoms with Gasteiger partial charge in [-0.1, -0.05) is 26.7 Å². The van der Waals surface area contributed by atoms with E-state index in [4.69, 9.17) is 5.10 Å². The molecule has 2 amide bonds.